The molecule has 1 aliphatic carbocycles. The Morgan fingerprint density at radius 2 is 2.25 bits per heavy atom. The molecule has 2 rings (SSSR count). The molecule has 1 nitrogen and oxygen atoms in total. The van der Waals surface area contributed by atoms with Crippen molar-refractivity contribution in [2.75, 3.05) is 6.54 Å². The van der Waals surface area contributed by atoms with E-state index in [4.69, 9.17) is 0 Å². The van der Waals surface area contributed by atoms with E-state index in [0.717, 1.165) is 17.9 Å². The first kappa shape index (κ1) is 6.37. The van der Waals surface area contributed by atoms with Crippen LogP contribution in [0, 0.1) is 11.8 Å². The molecule has 2 fully saturated rings. The van der Waals surface area contributed by atoms with Crippen LogP contribution in [0.25, 0.3) is 0 Å². The van der Waals surface area contributed by atoms with Gasteiger partial charge in [0.25, 0.3) is 0 Å². The van der Waals surface area contributed by atoms with Crippen LogP contribution in [0.2, 0.25) is 0 Å². The number of halogens is 1. The Hall–Kier alpha value is 0.250. The lowest BCUT2D eigenvalue weighted by atomic mass is 10.2. The van der Waals surface area contributed by atoms with Gasteiger partial charge < -0.3 is 5.32 Å². The van der Waals surface area contributed by atoms with E-state index in [2.05, 4.69) is 12.2 Å². The van der Waals surface area contributed by atoms with Crippen molar-refractivity contribution in [3.05, 3.63) is 0 Å². The topological polar surface area (TPSA) is 12.0 Å². The van der Waals surface area contributed by atoms with Gasteiger partial charge in [0.15, 0.2) is 0 Å². The lowest BCUT2D eigenvalue weighted by Gasteiger charge is -2.01. The van der Waals surface area contributed by atoms with Gasteiger partial charge in [-0.1, -0.05) is 0 Å². The highest BCUT2D eigenvalue weighted by Crippen LogP contribution is 2.44. The molecule has 0 spiro atoms. The molecule has 3 atom stereocenters. The van der Waals surface area contributed by atoms with Gasteiger partial charge in [-0.3, -0.25) is 0 Å². The highest BCUT2D eigenvalue weighted by atomic mass is 35.5. The molecule has 8 heavy (non-hydrogen) atoms. The first-order valence-electron chi connectivity index (χ1n) is 3.11. The first-order chi connectivity index (χ1) is 3.38. The molecule has 0 aromatic heterocycles. The zero-order valence-electron chi connectivity index (χ0n) is 5.05. The van der Waals surface area contributed by atoms with E-state index in [1.54, 1.807) is 0 Å². The van der Waals surface area contributed by atoms with Crippen molar-refractivity contribution >= 4 is 12.4 Å². The molecule has 2 aliphatic rings. The summed E-state index contributed by atoms with van der Waals surface area (Å²) in [5.74, 6) is 2.15. The summed E-state index contributed by atoms with van der Waals surface area (Å²) in [4.78, 5) is 0. The molecule has 0 radical (unpaired) electrons. The van der Waals surface area contributed by atoms with Crippen molar-refractivity contribution in [2.45, 2.75) is 19.4 Å². The second kappa shape index (κ2) is 1.89. The quantitative estimate of drug-likeness (QED) is 0.521. The molecule has 1 saturated carbocycles. The van der Waals surface area contributed by atoms with Crippen LogP contribution in [0.4, 0.5) is 0 Å². The van der Waals surface area contributed by atoms with Crippen molar-refractivity contribution in [1.82, 2.24) is 5.32 Å². The monoisotopic (exact) mass is 133 g/mol. The van der Waals surface area contributed by atoms with Crippen molar-refractivity contribution in [3.63, 3.8) is 0 Å². The van der Waals surface area contributed by atoms with Crippen LogP contribution in [0.5, 0.6) is 0 Å². The van der Waals surface area contributed by atoms with Crippen molar-refractivity contribution in [2.24, 2.45) is 11.8 Å². The minimum Gasteiger partial charge on any atom is -0.314 e. The van der Waals surface area contributed by atoms with Gasteiger partial charge in [-0.2, -0.15) is 0 Å². The number of hydrogen-bond donors (Lipinski definition) is 1. The lowest BCUT2D eigenvalue weighted by Crippen LogP contribution is -2.21. The average molecular weight is 134 g/mol. The number of piperidine rings is 1. The van der Waals surface area contributed by atoms with E-state index in [-0.39, 0.29) is 12.4 Å². The molecule has 0 bridgehead atoms. The third-order valence-electron chi connectivity index (χ3n) is 2.32. The largest absolute Gasteiger partial charge is 0.314 e. The van der Waals surface area contributed by atoms with E-state index in [1.807, 2.05) is 0 Å². The average Bonchev–Trinajstić information content (AvgIpc) is 2.33. The van der Waals surface area contributed by atoms with Crippen LogP contribution >= 0.6 is 12.4 Å². The molecule has 0 aromatic carbocycles. The third kappa shape index (κ3) is 0.741. The van der Waals surface area contributed by atoms with E-state index in [1.165, 1.54) is 13.0 Å². The molecular formula is C6H12ClN. The molecular weight excluding hydrogens is 122 g/mol. The molecule has 0 amide bonds. The highest BCUT2D eigenvalue weighted by Gasteiger charge is 2.45. The second-order valence-electron chi connectivity index (χ2n) is 2.86. The number of rotatable bonds is 0. The number of hydrogen-bond acceptors (Lipinski definition) is 1. The summed E-state index contributed by atoms with van der Waals surface area (Å²) in [6.07, 6.45) is 1.51. The van der Waals surface area contributed by atoms with Gasteiger partial charge in [-0.25, -0.2) is 0 Å². The normalized spacial score (nSPS) is 49.9. The van der Waals surface area contributed by atoms with Crippen LogP contribution in [0.3, 0.4) is 0 Å². The molecule has 1 aliphatic heterocycles. The SMILES string of the molecule is CC1NCC2CC21.Cl. The summed E-state index contributed by atoms with van der Waals surface area (Å²) in [7, 11) is 0. The van der Waals surface area contributed by atoms with Crippen LogP contribution in [0.1, 0.15) is 13.3 Å². The molecule has 2 heteroatoms. The van der Waals surface area contributed by atoms with Gasteiger partial charge in [0.2, 0.25) is 0 Å². The maximum atomic E-state index is 3.42. The maximum absolute atomic E-state index is 3.42. The zero-order valence-corrected chi connectivity index (χ0v) is 5.87. The summed E-state index contributed by atoms with van der Waals surface area (Å²) < 4.78 is 0. The fourth-order valence-electron chi connectivity index (χ4n) is 1.61. The smallest absolute Gasteiger partial charge is 0.00703 e. The van der Waals surface area contributed by atoms with Gasteiger partial charge in [-0.05, 0) is 31.7 Å². The number of nitrogens with one attached hydrogen (secondary N) is 1. The predicted molar refractivity (Wildman–Crippen MR) is 36.3 cm³/mol. The minimum atomic E-state index is 0. The van der Waals surface area contributed by atoms with Crippen molar-refractivity contribution < 1.29 is 0 Å². The highest BCUT2D eigenvalue weighted by molar-refractivity contribution is 5.85. The molecule has 1 N–H and O–H groups in total. The van der Waals surface area contributed by atoms with E-state index in [9.17, 15) is 0 Å². The van der Waals surface area contributed by atoms with Crippen LogP contribution in [0.15, 0.2) is 0 Å². The summed E-state index contributed by atoms with van der Waals surface area (Å²) in [6, 6.07) is 0.838. The Bertz CT molecular complexity index is 94.5. The van der Waals surface area contributed by atoms with Gasteiger partial charge in [-0.15, -0.1) is 12.4 Å². The fraction of sp³-hybridized carbons (Fsp3) is 1.00. The van der Waals surface area contributed by atoms with Crippen molar-refractivity contribution in [1.29, 1.82) is 0 Å². The van der Waals surface area contributed by atoms with E-state index in [0.29, 0.717) is 0 Å². The van der Waals surface area contributed by atoms with Crippen molar-refractivity contribution in [3.8, 4) is 0 Å². The Morgan fingerprint density at radius 1 is 1.50 bits per heavy atom. The minimum absolute atomic E-state index is 0. The van der Waals surface area contributed by atoms with Crippen LogP contribution in [-0.2, 0) is 0 Å². The maximum Gasteiger partial charge on any atom is 0.00703 e. The van der Waals surface area contributed by atoms with Gasteiger partial charge >= 0.3 is 0 Å². The zero-order chi connectivity index (χ0) is 4.85. The van der Waals surface area contributed by atoms with E-state index >= 15 is 0 Å². The summed E-state index contributed by atoms with van der Waals surface area (Å²) in [5.41, 5.74) is 0. The van der Waals surface area contributed by atoms with Crippen LogP contribution in [-0.4, -0.2) is 12.6 Å². The second-order valence-corrected chi connectivity index (χ2v) is 2.86. The van der Waals surface area contributed by atoms with Gasteiger partial charge in [0.05, 0.1) is 0 Å². The Morgan fingerprint density at radius 3 is 2.38 bits per heavy atom. The lowest BCUT2D eigenvalue weighted by molar-refractivity contribution is 0.579. The first-order valence-corrected chi connectivity index (χ1v) is 3.11. The summed E-state index contributed by atoms with van der Waals surface area (Å²) >= 11 is 0. The summed E-state index contributed by atoms with van der Waals surface area (Å²) in [6.45, 7) is 3.59. The van der Waals surface area contributed by atoms with Gasteiger partial charge in [0, 0.05) is 6.04 Å². The Labute approximate surface area is 56.3 Å². The number of fused-ring (bicyclic) bond motifs is 1. The van der Waals surface area contributed by atoms with Crippen LogP contribution < -0.4 is 5.32 Å². The van der Waals surface area contributed by atoms with Gasteiger partial charge in [0.1, 0.15) is 0 Å². The molecule has 1 saturated heterocycles. The molecule has 0 aromatic rings. The Balaban J connectivity index is 0.000000320. The fourth-order valence-corrected chi connectivity index (χ4v) is 1.61. The van der Waals surface area contributed by atoms with E-state index < -0.39 is 0 Å². The third-order valence-corrected chi connectivity index (χ3v) is 2.32. The molecule has 3 unspecified atom stereocenters. The standard InChI is InChI=1S/C6H11N.ClH/c1-4-6-2-5(6)3-7-4;/h4-7H,2-3H2,1H3;1H. The molecule has 48 valence electrons. The Kier molecular flexibility index (Phi) is 1.50. The summed E-state index contributed by atoms with van der Waals surface area (Å²) in [5, 5.41) is 3.42. The predicted octanol–water partition coefficient (Wildman–Crippen LogP) is 1.04. The molecule has 1 heterocycles.